The van der Waals surface area contributed by atoms with E-state index in [1.54, 1.807) is 43.3 Å². The maximum absolute atomic E-state index is 14.9. The Labute approximate surface area is 246 Å². The molecule has 1 aliphatic carbocycles. The summed E-state index contributed by atoms with van der Waals surface area (Å²) in [5.74, 6) is -1.51. The number of nitrogens with one attached hydrogen (secondary N) is 1. The summed E-state index contributed by atoms with van der Waals surface area (Å²) >= 11 is 6.28. The highest BCUT2D eigenvalue weighted by atomic mass is 35.5. The molecule has 0 heterocycles. The molecule has 7 nitrogen and oxygen atoms in total. The molecule has 0 unspecified atom stereocenters. The van der Waals surface area contributed by atoms with Crippen molar-refractivity contribution in [2.24, 2.45) is 0 Å². The first-order valence-corrected chi connectivity index (χ1v) is 15.9. The van der Waals surface area contributed by atoms with Crippen molar-refractivity contribution >= 4 is 39.1 Å². The van der Waals surface area contributed by atoms with E-state index < -0.39 is 34.3 Å². The van der Waals surface area contributed by atoms with Gasteiger partial charge in [0.15, 0.2) is 0 Å². The number of sulfonamides is 1. The fourth-order valence-corrected chi connectivity index (χ4v) is 6.26. The maximum Gasteiger partial charge on any atom is 0.244 e. The highest BCUT2D eigenvalue weighted by molar-refractivity contribution is 7.92. The molecule has 10 heteroatoms. The van der Waals surface area contributed by atoms with E-state index >= 15 is 0 Å². The Morgan fingerprint density at radius 2 is 1.66 bits per heavy atom. The molecule has 3 aromatic rings. The fraction of sp³-hybridized carbons (Fsp3) is 0.355. The average Bonchev–Trinajstić information content (AvgIpc) is 3.45. The summed E-state index contributed by atoms with van der Waals surface area (Å²) in [7, 11) is -3.94. The van der Waals surface area contributed by atoms with Crippen LogP contribution in [-0.2, 0) is 32.6 Å². The number of rotatable bonds is 11. The summed E-state index contributed by atoms with van der Waals surface area (Å²) in [5.41, 5.74) is 1.79. The van der Waals surface area contributed by atoms with Crippen LogP contribution in [0.15, 0.2) is 72.8 Å². The van der Waals surface area contributed by atoms with Crippen molar-refractivity contribution in [1.82, 2.24) is 10.2 Å². The highest BCUT2D eigenvalue weighted by Gasteiger charge is 2.35. The second-order valence-electron chi connectivity index (χ2n) is 10.5. The second-order valence-corrected chi connectivity index (χ2v) is 12.8. The van der Waals surface area contributed by atoms with E-state index in [0.717, 1.165) is 41.8 Å². The molecule has 0 radical (unpaired) electrons. The lowest BCUT2D eigenvalue weighted by atomic mass is 10.0. The predicted molar refractivity (Wildman–Crippen MR) is 160 cm³/mol. The maximum atomic E-state index is 14.9. The van der Waals surface area contributed by atoms with Crippen LogP contribution in [0, 0.1) is 12.7 Å². The number of amides is 2. The largest absolute Gasteiger partial charge is 0.352 e. The molecular weight excluding hydrogens is 565 g/mol. The molecule has 1 saturated carbocycles. The lowest BCUT2D eigenvalue weighted by Gasteiger charge is -2.34. The third kappa shape index (κ3) is 7.86. The number of halogens is 2. The molecule has 41 heavy (non-hydrogen) atoms. The Morgan fingerprint density at radius 3 is 2.32 bits per heavy atom. The number of anilines is 1. The number of carbonyl (C=O) groups is 2. The first-order valence-electron chi connectivity index (χ1n) is 13.6. The van der Waals surface area contributed by atoms with Crippen LogP contribution in [0.25, 0.3) is 0 Å². The van der Waals surface area contributed by atoms with Crippen molar-refractivity contribution < 1.29 is 22.4 Å². The predicted octanol–water partition coefficient (Wildman–Crippen LogP) is 5.25. The van der Waals surface area contributed by atoms with Gasteiger partial charge >= 0.3 is 0 Å². The van der Waals surface area contributed by atoms with Crippen molar-refractivity contribution in [1.29, 1.82) is 0 Å². The van der Waals surface area contributed by atoms with E-state index in [1.165, 1.54) is 11.0 Å². The lowest BCUT2D eigenvalue weighted by molar-refractivity contribution is -0.140. The van der Waals surface area contributed by atoms with Gasteiger partial charge in [-0.1, -0.05) is 79.0 Å². The first kappa shape index (κ1) is 30.5. The van der Waals surface area contributed by atoms with Crippen molar-refractivity contribution in [2.75, 3.05) is 17.1 Å². The minimum atomic E-state index is -3.94. The van der Waals surface area contributed by atoms with Crippen molar-refractivity contribution in [3.63, 3.8) is 0 Å². The van der Waals surface area contributed by atoms with E-state index in [9.17, 15) is 22.4 Å². The number of nitrogens with zero attached hydrogens (tertiary/aromatic N) is 2. The molecule has 0 aliphatic heterocycles. The Bertz CT molecular complexity index is 1480. The second kappa shape index (κ2) is 13.5. The van der Waals surface area contributed by atoms with Gasteiger partial charge in [0.2, 0.25) is 21.8 Å². The average molecular weight is 600 g/mol. The molecule has 4 rings (SSSR count). The molecule has 1 fully saturated rings. The molecule has 1 N–H and O–H groups in total. The monoisotopic (exact) mass is 599 g/mol. The SMILES string of the molecule is Cc1c(Cl)cccc1N(CC(=O)N(Cc1ccccc1F)[C@@H](Cc1ccccc1)C(=O)NC1CCCC1)S(C)(=O)=O. The lowest BCUT2D eigenvalue weighted by Crippen LogP contribution is -2.54. The van der Waals surface area contributed by atoms with E-state index in [1.807, 2.05) is 30.3 Å². The smallest absolute Gasteiger partial charge is 0.244 e. The fourth-order valence-electron chi connectivity index (χ4n) is 5.19. The summed E-state index contributed by atoms with van der Waals surface area (Å²) in [6.45, 7) is 0.869. The van der Waals surface area contributed by atoms with Gasteiger partial charge in [0.1, 0.15) is 18.4 Å². The normalized spacial score (nSPS) is 14.4. The Kier molecular flexibility index (Phi) is 10.0. The molecule has 0 saturated heterocycles. The van der Waals surface area contributed by atoms with Gasteiger partial charge < -0.3 is 10.2 Å². The summed E-state index contributed by atoms with van der Waals surface area (Å²) in [6.07, 6.45) is 4.90. The molecule has 218 valence electrons. The van der Waals surface area contributed by atoms with E-state index in [2.05, 4.69) is 5.32 Å². The van der Waals surface area contributed by atoms with Crippen LogP contribution < -0.4 is 9.62 Å². The highest BCUT2D eigenvalue weighted by Crippen LogP contribution is 2.29. The van der Waals surface area contributed by atoms with Gasteiger partial charge in [-0.3, -0.25) is 13.9 Å². The molecular formula is C31H35ClFN3O4S. The Hall–Kier alpha value is -3.43. The molecule has 3 aromatic carbocycles. The van der Waals surface area contributed by atoms with Crippen LogP contribution >= 0.6 is 11.6 Å². The van der Waals surface area contributed by atoms with E-state index in [0.29, 0.717) is 10.6 Å². The molecule has 1 atom stereocenters. The standard InChI is InChI=1S/C31H35ClFN3O4S/c1-22-26(32)16-10-18-28(22)36(41(2,39)40)21-30(37)35(20-24-13-6-9-17-27(24)33)29(19-23-11-4-3-5-12-23)31(38)34-25-14-7-8-15-25/h3-6,9-13,16-18,25,29H,7-8,14-15,19-21H2,1-2H3,(H,34,38)/t29-/m0/s1. The summed E-state index contributed by atoms with van der Waals surface area (Å²) in [6, 6.07) is 19.1. The minimum Gasteiger partial charge on any atom is -0.352 e. The van der Waals surface area contributed by atoms with Gasteiger partial charge in [0.05, 0.1) is 11.9 Å². The number of hydrogen-bond donors (Lipinski definition) is 1. The molecule has 0 aromatic heterocycles. The van der Waals surface area contributed by atoms with Crippen LogP contribution in [0.1, 0.15) is 42.4 Å². The van der Waals surface area contributed by atoms with Crippen LogP contribution in [0.2, 0.25) is 5.02 Å². The minimum absolute atomic E-state index is 0.00665. The first-order chi connectivity index (χ1) is 19.5. The summed E-state index contributed by atoms with van der Waals surface area (Å²) < 4.78 is 41.8. The molecule has 2 amide bonds. The van der Waals surface area contributed by atoms with Gasteiger partial charge in [0, 0.05) is 29.6 Å². The van der Waals surface area contributed by atoms with Crippen molar-refractivity contribution in [3.8, 4) is 0 Å². The van der Waals surface area contributed by atoms with E-state index in [-0.39, 0.29) is 36.2 Å². The van der Waals surface area contributed by atoms with Gasteiger partial charge in [-0.2, -0.15) is 0 Å². The van der Waals surface area contributed by atoms with Crippen LogP contribution in [-0.4, -0.2) is 50.0 Å². The topological polar surface area (TPSA) is 86.8 Å². The third-order valence-corrected chi connectivity index (χ3v) is 8.99. The number of benzene rings is 3. The van der Waals surface area contributed by atoms with Gasteiger partial charge in [0.25, 0.3) is 0 Å². The van der Waals surface area contributed by atoms with Gasteiger partial charge in [-0.15, -0.1) is 0 Å². The third-order valence-electron chi connectivity index (χ3n) is 7.46. The Balaban J connectivity index is 1.75. The molecule has 1 aliphatic rings. The van der Waals surface area contributed by atoms with Crippen molar-refractivity contribution in [2.45, 2.75) is 57.7 Å². The van der Waals surface area contributed by atoms with Crippen molar-refractivity contribution in [3.05, 3.63) is 100 Å². The number of carbonyl (C=O) groups excluding carboxylic acids is 2. The van der Waals surface area contributed by atoms with E-state index in [4.69, 9.17) is 11.6 Å². The van der Waals surface area contributed by atoms with Crippen LogP contribution in [0.4, 0.5) is 10.1 Å². The molecule has 0 spiro atoms. The van der Waals surface area contributed by atoms with Crippen LogP contribution in [0.5, 0.6) is 0 Å². The summed E-state index contributed by atoms with van der Waals surface area (Å²) in [4.78, 5) is 29.3. The van der Waals surface area contributed by atoms with Gasteiger partial charge in [-0.05, 0) is 49.1 Å². The summed E-state index contributed by atoms with van der Waals surface area (Å²) in [5, 5.41) is 3.44. The Morgan fingerprint density at radius 1 is 1.00 bits per heavy atom. The quantitative estimate of drug-likeness (QED) is 0.326. The van der Waals surface area contributed by atoms with Gasteiger partial charge in [-0.25, -0.2) is 12.8 Å². The zero-order valence-corrected chi connectivity index (χ0v) is 24.8. The molecule has 0 bridgehead atoms. The number of hydrogen-bond acceptors (Lipinski definition) is 4. The van der Waals surface area contributed by atoms with Crippen LogP contribution in [0.3, 0.4) is 0 Å². The zero-order valence-electron chi connectivity index (χ0n) is 23.2. The zero-order chi connectivity index (χ0) is 29.6.